The minimum absolute atomic E-state index is 0.240. The van der Waals surface area contributed by atoms with Crippen molar-refractivity contribution in [3.05, 3.63) is 52.9 Å². The Labute approximate surface area is 220 Å². The van der Waals surface area contributed by atoms with E-state index in [0.29, 0.717) is 40.3 Å². The number of rotatable bonds is 8. The summed E-state index contributed by atoms with van der Waals surface area (Å²) >= 11 is 0. The first-order valence-electron chi connectivity index (χ1n) is 12.2. The van der Waals surface area contributed by atoms with Crippen LogP contribution >= 0.6 is 0 Å². The Morgan fingerprint density at radius 2 is 1.89 bits per heavy atom. The Bertz CT molecular complexity index is 1470. The highest BCUT2D eigenvalue weighted by atomic mass is 16.6. The van der Waals surface area contributed by atoms with Gasteiger partial charge in [0.25, 0.3) is 5.91 Å². The molecular formula is C26H35N7O5. The summed E-state index contributed by atoms with van der Waals surface area (Å²) in [5.41, 5.74) is 7.83. The fourth-order valence-electron chi connectivity index (χ4n) is 3.94. The van der Waals surface area contributed by atoms with Gasteiger partial charge in [-0.2, -0.15) is 10.1 Å². The molecule has 0 saturated carbocycles. The number of nitrogens with zero attached hydrogens (tertiary/aromatic N) is 5. The third-order valence-electron chi connectivity index (χ3n) is 5.57. The smallest absolute Gasteiger partial charge is 0.407 e. The number of ether oxygens (including phenoxy) is 2. The van der Waals surface area contributed by atoms with Gasteiger partial charge in [-0.25, -0.2) is 4.79 Å². The quantitative estimate of drug-likeness (QED) is 0.432. The van der Waals surface area contributed by atoms with Gasteiger partial charge in [0.1, 0.15) is 22.6 Å². The van der Waals surface area contributed by atoms with E-state index in [0.717, 1.165) is 0 Å². The minimum Gasteiger partial charge on any atom is -0.494 e. The Morgan fingerprint density at radius 3 is 2.50 bits per heavy atom. The molecule has 2 heterocycles. The molecule has 0 saturated heterocycles. The molecule has 0 aliphatic carbocycles. The zero-order chi connectivity index (χ0) is 28.2. The molecule has 3 amide bonds. The molecule has 12 nitrogen and oxygen atoms in total. The number of hydrogen-bond donors (Lipinski definition) is 2. The van der Waals surface area contributed by atoms with Gasteiger partial charge in [0.05, 0.1) is 18.3 Å². The highest BCUT2D eigenvalue weighted by Crippen LogP contribution is 2.27. The Morgan fingerprint density at radius 1 is 1.18 bits per heavy atom. The third-order valence-corrected chi connectivity index (χ3v) is 5.57. The minimum atomic E-state index is -0.608. The molecule has 0 unspecified atom stereocenters. The van der Waals surface area contributed by atoms with Crippen molar-refractivity contribution in [2.45, 2.75) is 53.3 Å². The second-order valence-corrected chi connectivity index (χ2v) is 9.64. The van der Waals surface area contributed by atoms with Crippen LogP contribution < -0.4 is 21.4 Å². The van der Waals surface area contributed by atoms with Crippen molar-refractivity contribution in [1.82, 2.24) is 24.2 Å². The monoisotopic (exact) mass is 525 g/mol. The molecule has 3 N–H and O–H groups in total. The number of alkyl carbamates (subject to hydrolysis) is 1. The summed E-state index contributed by atoms with van der Waals surface area (Å²) in [6.07, 6.45) is 3.06. The fraction of sp³-hybridized carbons (Fsp3) is 0.423. The van der Waals surface area contributed by atoms with Crippen LogP contribution in [0.2, 0.25) is 0 Å². The Hall–Kier alpha value is -4.35. The summed E-state index contributed by atoms with van der Waals surface area (Å²) in [4.78, 5) is 41.5. The predicted molar refractivity (Wildman–Crippen MR) is 142 cm³/mol. The average Bonchev–Trinajstić information content (AvgIpc) is 3.34. The number of nitrogens with one attached hydrogen (secondary N) is 1. The predicted octanol–water partition coefficient (Wildman–Crippen LogP) is 2.43. The topological polar surface area (TPSA) is 148 Å². The van der Waals surface area contributed by atoms with Crippen LogP contribution in [0.5, 0.6) is 5.75 Å². The number of nitrogens with two attached hydrogens (primary N) is 1. The number of imidazole rings is 1. The van der Waals surface area contributed by atoms with E-state index >= 15 is 0 Å². The number of allylic oxidation sites excluding steroid dienone is 1. The van der Waals surface area contributed by atoms with E-state index in [4.69, 9.17) is 15.2 Å². The van der Waals surface area contributed by atoms with Crippen LogP contribution in [0.25, 0.3) is 11.0 Å². The molecule has 38 heavy (non-hydrogen) atoms. The molecule has 0 aliphatic heterocycles. The summed E-state index contributed by atoms with van der Waals surface area (Å²) in [7, 11) is 3.23. The third kappa shape index (κ3) is 6.31. The van der Waals surface area contributed by atoms with Crippen LogP contribution in [0, 0.1) is 6.92 Å². The molecule has 3 rings (SSSR count). The maximum atomic E-state index is 13.2. The second kappa shape index (κ2) is 11.4. The molecule has 204 valence electrons. The number of carbonyl (C=O) groups is 3. The molecule has 2 aromatic heterocycles. The first-order chi connectivity index (χ1) is 17.9. The lowest BCUT2D eigenvalue weighted by Gasteiger charge is -2.19. The molecule has 3 aromatic rings. The van der Waals surface area contributed by atoms with Crippen molar-refractivity contribution in [3.63, 3.8) is 0 Å². The van der Waals surface area contributed by atoms with E-state index in [1.54, 1.807) is 65.9 Å². The Balaban J connectivity index is 2.07. The number of methoxy groups -OCH3 is 1. The van der Waals surface area contributed by atoms with Crippen molar-refractivity contribution in [2.75, 3.05) is 13.7 Å². The summed E-state index contributed by atoms with van der Waals surface area (Å²) in [6, 6.07) is 4.88. The van der Waals surface area contributed by atoms with Gasteiger partial charge in [0.2, 0.25) is 11.5 Å². The standard InChI is InChI=1S/C26H35N7O5/c1-8-33-19(13-16(2)30-33)23(35)29-24-31(6)18-14-17(22(27)34)15-20(37-7)21(18)32(24)12-10-9-11-28-25(36)38-26(3,4)5/h9-10,13-15H,8,11-12H2,1-7H3,(H2,27,34)(H,28,36)/b10-9+,29-24?. The molecule has 1 aromatic carbocycles. The molecule has 0 atom stereocenters. The van der Waals surface area contributed by atoms with Gasteiger partial charge in [-0.15, -0.1) is 0 Å². The lowest BCUT2D eigenvalue weighted by Crippen LogP contribution is -2.32. The van der Waals surface area contributed by atoms with Gasteiger partial charge in [-0.1, -0.05) is 12.2 Å². The van der Waals surface area contributed by atoms with E-state index in [1.807, 2.05) is 19.9 Å². The molecule has 12 heteroatoms. The van der Waals surface area contributed by atoms with Crippen LogP contribution in [0.15, 0.2) is 35.3 Å². The zero-order valence-corrected chi connectivity index (χ0v) is 22.9. The lowest BCUT2D eigenvalue weighted by atomic mass is 10.1. The number of primary amides is 1. The lowest BCUT2D eigenvalue weighted by molar-refractivity contribution is 0.0533. The van der Waals surface area contributed by atoms with Crippen molar-refractivity contribution in [2.24, 2.45) is 17.8 Å². The molecule has 0 spiro atoms. The average molecular weight is 526 g/mol. The number of aromatic nitrogens is 4. The summed E-state index contributed by atoms with van der Waals surface area (Å²) < 4.78 is 15.9. The fourth-order valence-corrected chi connectivity index (χ4v) is 3.94. The number of hydrogen-bond acceptors (Lipinski definition) is 6. The molecule has 0 fully saturated rings. The van der Waals surface area contributed by atoms with Crippen molar-refractivity contribution in [3.8, 4) is 5.75 Å². The number of aryl methyl sites for hydroxylation is 3. The first-order valence-corrected chi connectivity index (χ1v) is 12.2. The number of carbonyl (C=O) groups excluding carboxylic acids is 3. The van der Waals surface area contributed by atoms with Crippen molar-refractivity contribution < 1.29 is 23.9 Å². The SMILES string of the molecule is CCn1nc(C)cc1C(=O)N=c1n(C)c2cc(C(N)=O)cc(OC)c2n1C/C=C/CNC(=O)OC(C)(C)C. The summed E-state index contributed by atoms with van der Waals surface area (Å²) in [6.45, 7) is 10.1. The van der Waals surface area contributed by atoms with E-state index in [-0.39, 0.29) is 18.7 Å². The number of fused-ring (bicyclic) bond motifs is 1. The molecule has 0 radical (unpaired) electrons. The molecule has 0 aliphatic rings. The highest BCUT2D eigenvalue weighted by Gasteiger charge is 2.19. The zero-order valence-electron chi connectivity index (χ0n) is 22.9. The van der Waals surface area contributed by atoms with Gasteiger partial charge >= 0.3 is 6.09 Å². The highest BCUT2D eigenvalue weighted by molar-refractivity contribution is 5.98. The van der Waals surface area contributed by atoms with E-state index < -0.39 is 23.5 Å². The number of amides is 3. The van der Waals surface area contributed by atoms with Crippen LogP contribution in [-0.2, 0) is 24.9 Å². The van der Waals surface area contributed by atoms with Gasteiger partial charge in [-0.3, -0.25) is 14.3 Å². The van der Waals surface area contributed by atoms with Gasteiger partial charge < -0.3 is 29.7 Å². The van der Waals surface area contributed by atoms with Gasteiger partial charge in [0.15, 0.2) is 0 Å². The largest absolute Gasteiger partial charge is 0.494 e. The Kier molecular flexibility index (Phi) is 8.44. The molecule has 0 bridgehead atoms. The maximum absolute atomic E-state index is 13.2. The van der Waals surface area contributed by atoms with Crippen molar-refractivity contribution >= 4 is 28.9 Å². The van der Waals surface area contributed by atoms with E-state index in [1.165, 1.54) is 7.11 Å². The van der Waals surface area contributed by atoms with Crippen molar-refractivity contribution in [1.29, 1.82) is 0 Å². The normalized spacial score (nSPS) is 12.3. The summed E-state index contributed by atoms with van der Waals surface area (Å²) in [5.74, 6) is -0.671. The first kappa shape index (κ1) is 28.2. The summed E-state index contributed by atoms with van der Waals surface area (Å²) in [5, 5.41) is 7.01. The van der Waals surface area contributed by atoms with Crippen LogP contribution in [0.3, 0.4) is 0 Å². The van der Waals surface area contributed by atoms with E-state index in [9.17, 15) is 14.4 Å². The van der Waals surface area contributed by atoms with Gasteiger partial charge in [0, 0.05) is 32.2 Å². The second-order valence-electron chi connectivity index (χ2n) is 9.64. The van der Waals surface area contributed by atoms with E-state index in [2.05, 4.69) is 15.4 Å². The van der Waals surface area contributed by atoms with Crippen LogP contribution in [-0.4, -0.2) is 56.1 Å². The van der Waals surface area contributed by atoms with Gasteiger partial charge in [-0.05, 0) is 52.8 Å². The van der Waals surface area contributed by atoms with Crippen LogP contribution in [0.4, 0.5) is 4.79 Å². The maximum Gasteiger partial charge on any atom is 0.407 e. The number of benzene rings is 1. The van der Waals surface area contributed by atoms with Crippen LogP contribution in [0.1, 0.15) is 54.2 Å². The molecular weight excluding hydrogens is 490 g/mol.